The molecule has 0 aliphatic rings. The molecule has 0 saturated carbocycles. The molecule has 0 saturated heterocycles. The van der Waals surface area contributed by atoms with E-state index >= 15 is 0 Å². The molecule has 1 rings (SSSR count). The zero-order chi connectivity index (χ0) is 10.4. The Morgan fingerprint density at radius 1 is 1.57 bits per heavy atom. The van der Waals surface area contributed by atoms with Crippen molar-refractivity contribution in [2.24, 2.45) is 0 Å². The molecule has 1 amide bonds. The van der Waals surface area contributed by atoms with E-state index < -0.39 is 0 Å². The summed E-state index contributed by atoms with van der Waals surface area (Å²) in [6.07, 6.45) is 1.54. The van der Waals surface area contributed by atoms with Crippen LogP contribution in [0.3, 0.4) is 0 Å². The number of amides is 1. The third kappa shape index (κ3) is 2.84. The van der Waals surface area contributed by atoms with Crippen LogP contribution in [0, 0.1) is 0 Å². The summed E-state index contributed by atoms with van der Waals surface area (Å²) >= 11 is 0. The molecule has 0 radical (unpaired) electrons. The van der Waals surface area contributed by atoms with E-state index in [2.05, 4.69) is 10.3 Å². The standard InChI is InChI=1S/C10H10N2O2/c1-8(7-13)6-12-10(14)9-4-2-3-5-11-9/h2-5H,6H2,1H3,(H,12,14). The van der Waals surface area contributed by atoms with Gasteiger partial charge in [0, 0.05) is 18.3 Å². The molecule has 72 valence electrons. The van der Waals surface area contributed by atoms with Gasteiger partial charge in [0.05, 0.1) is 0 Å². The maximum Gasteiger partial charge on any atom is 0.270 e. The molecule has 0 atom stereocenters. The van der Waals surface area contributed by atoms with Crippen molar-refractivity contribution in [1.82, 2.24) is 10.3 Å². The molecule has 0 fully saturated rings. The summed E-state index contributed by atoms with van der Waals surface area (Å²) in [5.41, 5.74) is 0.792. The van der Waals surface area contributed by atoms with Crippen molar-refractivity contribution in [3.8, 4) is 0 Å². The molecular formula is C10H10N2O2. The summed E-state index contributed by atoms with van der Waals surface area (Å²) in [6, 6.07) is 5.06. The number of pyridine rings is 1. The Balaban J connectivity index is 2.56. The first-order chi connectivity index (χ1) is 6.74. The average molecular weight is 190 g/mol. The fourth-order valence-corrected chi connectivity index (χ4v) is 0.837. The molecular weight excluding hydrogens is 180 g/mol. The first-order valence-corrected chi connectivity index (χ1v) is 4.14. The highest BCUT2D eigenvalue weighted by Crippen LogP contribution is 1.93. The minimum Gasteiger partial charge on any atom is -0.346 e. The third-order valence-corrected chi connectivity index (χ3v) is 1.59. The van der Waals surface area contributed by atoms with E-state index in [1.54, 1.807) is 31.1 Å². The summed E-state index contributed by atoms with van der Waals surface area (Å²) in [6.45, 7) is 1.81. The maximum absolute atomic E-state index is 11.3. The van der Waals surface area contributed by atoms with Crippen molar-refractivity contribution in [3.05, 3.63) is 35.7 Å². The number of aromatic nitrogens is 1. The maximum atomic E-state index is 11.3. The van der Waals surface area contributed by atoms with E-state index in [1.807, 2.05) is 0 Å². The van der Waals surface area contributed by atoms with Gasteiger partial charge in [0.15, 0.2) is 0 Å². The van der Waals surface area contributed by atoms with Gasteiger partial charge in [0.1, 0.15) is 11.6 Å². The Hall–Kier alpha value is -1.93. The average Bonchev–Trinajstić information content (AvgIpc) is 2.26. The van der Waals surface area contributed by atoms with Crippen LogP contribution in [0.25, 0.3) is 0 Å². The van der Waals surface area contributed by atoms with Crippen molar-refractivity contribution in [1.29, 1.82) is 0 Å². The van der Waals surface area contributed by atoms with Crippen molar-refractivity contribution in [3.63, 3.8) is 0 Å². The number of hydrogen-bond donors (Lipinski definition) is 1. The molecule has 4 nitrogen and oxygen atoms in total. The minimum absolute atomic E-state index is 0.207. The molecule has 0 spiro atoms. The Kier molecular flexibility index (Phi) is 3.58. The first kappa shape index (κ1) is 10.2. The van der Waals surface area contributed by atoms with Gasteiger partial charge in [-0.25, -0.2) is 4.79 Å². The van der Waals surface area contributed by atoms with E-state index in [9.17, 15) is 9.59 Å². The Morgan fingerprint density at radius 3 is 2.93 bits per heavy atom. The highest BCUT2D eigenvalue weighted by molar-refractivity contribution is 5.92. The van der Waals surface area contributed by atoms with Crippen molar-refractivity contribution >= 4 is 11.8 Å². The molecule has 0 aliphatic heterocycles. The smallest absolute Gasteiger partial charge is 0.270 e. The van der Waals surface area contributed by atoms with Crippen LogP contribution in [0.5, 0.6) is 0 Å². The third-order valence-electron chi connectivity index (χ3n) is 1.59. The predicted octanol–water partition coefficient (Wildman–Crippen LogP) is 0.589. The lowest BCUT2D eigenvalue weighted by Gasteiger charge is -2.01. The molecule has 0 aromatic carbocycles. The molecule has 0 aliphatic carbocycles. The molecule has 1 N–H and O–H groups in total. The van der Waals surface area contributed by atoms with Crippen LogP contribution in [0.1, 0.15) is 17.4 Å². The Bertz CT molecular complexity index is 367. The summed E-state index contributed by atoms with van der Waals surface area (Å²) in [7, 11) is 0. The van der Waals surface area contributed by atoms with Crippen molar-refractivity contribution in [2.45, 2.75) is 6.92 Å². The van der Waals surface area contributed by atoms with Gasteiger partial charge in [-0.15, -0.1) is 0 Å². The van der Waals surface area contributed by atoms with Gasteiger partial charge in [-0.2, -0.15) is 0 Å². The summed E-state index contributed by atoms with van der Waals surface area (Å²) < 4.78 is 0. The zero-order valence-electron chi connectivity index (χ0n) is 7.78. The minimum atomic E-state index is -0.291. The second kappa shape index (κ2) is 4.94. The van der Waals surface area contributed by atoms with Crippen LogP contribution in [-0.2, 0) is 4.79 Å². The van der Waals surface area contributed by atoms with Crippen LogP contribution in [0.2, 0.25) is 0 Å². The summed E-state index contributed by atoms with van der Waals surface area (Å²) in [4.78, 5) is 25.3. The number of nitrogens with zero attached hydrogens (tertiary/aromatic N) is 1. The van der Waals surface area contributed by atoms with Gasteiger partial charge in [-0.1, -0.05) is 6.07 Å². The van der Waals surface area contributed by atoms with Crippen LogP contribution in [-0.4, -0.2) is 23.4 Å². The lowest BCUT2D eigenvalue weighted by molar-refractivity contribution is 0.0952. The Morgan fingerprint density at radius 2 is 2.36 bits per heavy atom. The first-order valence-electron chi connectivity index (χ1n) is 4.14. The van der Waals surface area contributed by atoms with E-state index in [4.69, 9.17) is 0 Å². The van der Waals surface area contributed by atoms with Crippen LogP contribution < -0.4 is 5.32 Å². The quantitative estimate of drug-likeness (QED) is 0.709. The van der Waals surface area contributed by atoms with Crippen LogP contribution >= 0.6 is 0 Å². The molecule has 1 heterocycles. The SMILES string of the molecule is CC(=C=O)CNC(=O)c1ccccn1. The van der Waals surface area contributed by atoms with Crippen LogP contribution in [0.4, 0.5) is 0 Å². The lowest BCUT2D eigenvalue weighted by Crippen LogP contribution is -2.25. The van der Waals surface area contributed by atoms with Crippen molar-refractivity contribution < 1.29 is 9.59 Å². The van der Waals surface area contributed by atoms with Gasteiger partial charge in [-0.3, -0.25) is 9.78 Å². The number of carbonyl (C=O) groups excluding carboxylic acids is 2. The number of hydrogen-bond acceptors (Lipinski definition) is 3. The normalized spacial score (nSPS) is 8.93. The lowest BCUT2D eigenvalue weighted by atomic mass is 10.3. The number of rotatable bonds is 3. The van der Waals surface area contributed by atoms with Gasteiger partial charge in [0.25, 0.3) is 5.91 Å². The predicted molar refractivity (Wildman–Crippen MR) is 51.5 cm³/mol. The van der Waals surface area contributed by atoms with E-state index in [0.717, 1.165) is 0 Å². The highest BCUT2D eigenvalue weighted by Gasteiger charge is 2.04. The van der Waals surface area contributed by atoms with Gasteiger partial charge >= 0.3 is 0 Å². The summed E-state index contributed by atoms with van der Waals surface area (Å²) in [5, 5.41) is 2.55. The van der Waals surface area contributed by atoms with Gasteiger partial charge < -0.3 is 5.32 Å². The van der Waals surface area contributed by atoms with Gasteiger partial charge in [-0.05, 0) is 19.1 Å². The number of nitrogens with one attached hydrogen (secondary N) is 1. The zero-order valence-corrected chi connectivity index (χ0v) is 7.78. The Labute approximate surface area is 81.7 Å². The largest absolute Gasteiger partial charge is 0.346 e. The van der Waals surface area contributed by atoms with E-state index in [1.165, 1.54) is 6.20 Å². The fraction of sp³-hybridized carbons (Fsp3) is 0.200. The molecule has 0 unspecified atom stereocenters. The van der Waals surface area contributed by atoms with E-state index in [0.29, 0.717) is 11.3 Å². The topological polar surface area (TPSA) is 59.1 Å². The molecule has 0 bridgehead atoms. The van der Waals surface area contributed by atoms with E-state index in [-0.39, 0.29) is 12.5 Å². The molecule has 14 heavy (non-hydrogen) atoms. The fourth-order valence-electron chi connectivity index (χ4n) is 0.837. The molecule has 1 aromatic rings. The second-order valence-corrected chi connectivity index (χ2v) is 2.78. The second-order valence-electron chi connectivity index (χ2n) is 2.78. The van der Waals surface area contributed by atoms with Gasteiger partial charge in [0.2, 0.25) is 0 Å². The van der Waals surface area contributed by atoms with Crippen LogP contribution in [0.15, 0.2) is 30.0 Å². The van der Waals surface area contributed by atoms with Crippen molar-refractivity contribution in [2.75, 3.05) is 6.54 Å². The number of carbonyl (C=O) groups is 1. The molecule has 4 heteroatoms. The monoisotopic (exact) mass is 190 g/mol. The molecule has 1 aromatic heterocycles. The summed E-state index contributed by atoms with van der Waals surface area (Å²) in [5.74, 6) is 1.41. The highest BCUT2D eigenvalue weighted by atomic mass is 16.1.